The van der Waals surface area contributed by atoms with E-state index in [4.69, 9.17) is 20.8 Å². The molecule has 0 saturated heterocycles. The van der Waals surface area contributed by atoms with E-state index in [2.05, 4.69) is 5.32 Å². The number of hydrogen-bond acceptors (Lipinski definition) is 3. The van der Waals surface area contributed by atoms with Crippen LogP contribution in [0.3, 0.4) is 0 Å². The predicted octanol–water partition coefficient (Wildman–Crippen LogP) is 3.13. The van der Waals surface area contributed by atoms with Crippen LogP contribution in [0.15, 0.2) is 47.1 Å². The molecular formula is C14H14ClNO3. The van der Waals surface area contributed by atoms with Crippen LogP contribution >= 0.6 is 11.6 Å². The lowest BCUT2D eigenvalue weighted by molar-refractivity contribution is 0.0898. The van der Waals surface area contributed by atoms with Gasteiger partial charge in [-0.3, -0.25) is 4.79 Å². The van der Waals surface area contributed by atoms with Crippen LogP contribution in [0, 0.1) is 0 Å². The van der Waals surface area contributed by atoms with E-state index < -0.39 is 0 Å². The maximum atomic E-state index is 11.7. The number of benzene rings is 1. The topological polar surface area (TPSA) is 51.5 Å². The molecule has 1 amide bonds. The quantitative estimate of drug-likeness (QED) is 0.915. The Kier molecular flexibility index (Phi) is 4.47. The Morgan fingerprint density at radius 2 is 2.11 bits per heavy atom. The van der Waals surface area contributed by atoms with E-state index in [1.54, 1.807) is 36.4 Å². The van der Waals surface area contributed by atoms with Crippen LogP contribution in [0.25, 0.3) is 0 Å². The number of carbonyl (C=O) groups excluding carboxylic acids is 1. The molecule has 1 aromatic carbocycles. The summed E-state index contributed by atoms with van der Waals surface area (Å²) in [6.07, 6.45) is 1.46. The zero-order valence-electron chi connectivity index (χ0n) is 10.4. The predicted molar refractivity (Wildman–Crippen MR) is 72.6 cm³/mol. The number of hydrogen-bond donors (Lipinski definition) is 1. The second kappa shape index (κ2) is 6.29. The van der Waals surface area contributed by atoms with Gasteiger partial charge in [-0.25, -0.2) is 0 Å². The molecular weight excluding hydrogens is 266 g/mol. The molecule has 0 saturated carbocycles. The van der Waals surface area contributed by atoms with E-state index in [1.807, 2.05) is 6.92 Å². The maximum absolute atomic E-state index is 11.7. The van der Waals surface area contributed by atoms with Crippen molar-refractivity contribution in [3.63, 3.8) is 0 Å². The lowest BCUT2D eigenvalue weighted by Gasteiger charge is -2.14. The van der Waals surface area contributed by atoms with Gasteiger partial charge in [0.25, 0.3) is 5.91 Å². The van der Waals surface area contributed by atoms with E-state index in [-0.39, 0.29) is 11.9 Å². The summed E-state index contributed by atoms with van der Waals surface area (Å²) in [7, 11) is 0. The van der Waals surface area contributed by atoms with Crippen molar-refractivity contribution in [2.75, 3.05) is 6.61 Å². The summed E-state index contributed by atoms with van der Waals surface area (Å²) in [6, 6.07) is 10.2. The average Bonchev–Trinajstić information content (AvgIpc) is 2.92. The molecule has 2 rings (SSSR count). The highest BCUT2D eigenvalue weighted by Gasteiger charge is 2.12. The number of halogens is 1. The van der Waals surface area contributed by atoms with Gasteiger partial charge in [0.2, 0.25) is 0 Å². The molecule has 0 radical (unpaired) electrons. The molecule has 1 N–H and O–H groups in total. The van der Waals surface area contributed by atoms with Crippen molar-refractivity contribution in [2.45, 2.75) is 13.0 Å². The molecule has 4 nitrogen and oxygen atoms in total. The van der Waals surface area contributed by atoms with Crippen molar-refractivity contribution in [3.8, 4) is 5.75 Å². The molecule has 19 heavy (non-hydrogen) atoms. The average molecular weight is 280 g/mol. The van der Waals surface area contributed by atoms with E-state index in [9.17, 15) is 4.79 Å². The molecule has 1 aromatic heterocycles. The number of furan rings is 1. The molecule has 5 heteroatoms. The number of carbonyl (C=O) groups is 1. The first kappa shape index (κ1) is 13.5. The molecule has 0 aliphatic rings. The fraction of sp³-hybridized carbons (Fsp3) is 0.214. The van der Waals surface area contributed by atoms with Gasteiger partial charge in [-0.05, 0) is 43.3 Å². The van der Waals surface area contributed by atoms with E-state index in [1.165, 1.54) is 6.26 Å². The third-order valence-corrected chi connectivity index (χ3v) is 2.69. The summed E-state index contributed by atoms with van der Waals surface area (Å²) >= 11 is 5.78. The monoisotopic (exact) mass is 279 g/mol. The van der Waals surface area contributed by atoms with Crippen LogP contribution in [0.5, 0.6) is 5.75 Å². The lowest BCUT2D eigenvalue weighted by Crippen LogP contribution is -2.36. The number of rotatable bonds is 5. The highest BCUT2D eigenvalue weighted by Crippen LogP contribution is 2.15. The Labute approximate surface area is 116 Å². The molecule has 0 fully saturated rings. The van der Waals surface area contributed by atoms with Gasteiger partial charge >= 0.3 is 0 Å². The summed E-state index contributed by atoms with van der Waals surface area (Å²) in [5, 5.41) is 3.44. The Morgan fingerprint density at radius 3 is 2.74 bits per heavy atom. The van der Waals surface area contributed by atoms with Crippen molar-refractivity contribution in [2.24, 2.45) is 0 Å². The minimum atomic E-state index is -0.253. The molecule has 1 atom stereocenters. The standard InChI is InChI=1S/C14H14ClNO3/c1-10(16-14(17)13-3-2-8-18-13)9-19-12-6-4-11(15)5-7-12/h2-8,10H,9H2,1H3,(H,16,17)/t10-/m1/s1. The second-order valence-corrected chi connectivity index (χ2v) is 4.55. The minimum absolute atomic E-state index is 0.131. The molecule has 1 heterocycles. The normalized spacial score (nSPS) is 11.9. The zero-order valence-corrected chi connectivity index (χ0v) is 11.2. The summed E-state index contributed by atoms with van der Waals surface area (Å²) in [5.74, 6) is 0.749. The van der Waals surface area contributed by atoms with Crippen LogP contribution in [0.4, 0.5) is 0 Å². The van der Waals surface area contributed by atoms with Gasteiger partial charge in [0.1, 0.15) is 12.4 Å². The van der Waals surface area contributed by atoms with Crippen molar-refractivity contribution >= 4 is 17.5 Å². The van der Waals surface area contributed by atoms with Gasteiger partial charge in [-0.2, -0.15) is 0 Å². The number of amides is 1. The number of ether oxygens (including phenoxy) is 1. The fourth-order valence-electron chi connectivity index (χ4n) is 1.50. The first-order valence-electron chi connectivity index (χ1n) is 5.88. The first-order valence-corrected chi connectivity index (χ1v) is 6.25. The summed E-state index contributed by atoms with van der Waals surface area (Å²) in [6.45, 7) is 2.23. The SMILES string of the molecule is C[C@H](COc1ccc(Cl)cc1)NC(=O)c1ccco1. The summed E-state index contributed by atoms with van der Waals surface area (Å²) in [5.41, 5.74) is 0. The van der Waals surface area contributed by atoms with Crippen LogP contribution in [-0.2, 0) is 0 Å². The van der Waals surface area contributed by atoms with Gasteiger partial charge in [-0.15, -0.1) is 0 Å². The largest absolute Gasteiger partial charge is 0.491 e. The highest BCUT2D eigenvalue weighted by molar-refractivity contribution is 6.30. The van der Waals surface area contributed by atoms with Crippen molar-refractivity contribution in [1.29, 1.82) is 0 Å². The minimum Gasteiger partial charge on any atom is -0.491 e. The molecule has 0 spiro atoms. The van der Waals surface area contributed by atoms with Gasteiger partial charge in [0, 0.05) is 5.02 Å². The van der Waals surface area contributed by atoms with Gasteiger partial charge in [0.15, 0.2) is 5.76 Å². The Hall–Kier alpha value is -1.94. The number of nitrogens with one attached hydrogen (secondary N) is 1. The summed E-state index contributed by atoms with van der Waals surface area (Å²) < 4.78 is 10.5. The van der Waals surface area contributed by atoms with Crippen LogP contribution in [-0.4, -0.2) is 18.6 Å². The Morgan fingerprint density at radius 1 is 1.37 bits per heavy atom. The maximum Gasteiger partial charge on any atom is 0.287 e. The van der Waals surface area contributed by atoms with Crippen molar-refractivity contribution in [1.82, 2.24) is 5.32 Å². The second-order valence-electron chi connectivity index (χ2n) is 4.12. The first-order chi connectivity index (χ1) is 9.15. The lowest BCUT2D eigenvalue weighted by atomic mass is 10.3. The third kappa shape index (κ3) is 4.03. The molecule has 100 valence electrons. The fourth-order valence-corrected chi connectivity index (χ4v) is 1.62. The third-order valence-electron chi connectivity index (χ3n) is 2.44. The van der Waals surface area contributed by atoms with E-state index in [0.717, 1.165) is 0 Å². The Bertz CT molecular complexity index is 522. The van der Waals surface area contributed by atoms with Crippen molar-refractivity contribution in [3.05, 3.63) is 53.4 Å². The molecule has 2 aromatic rings. The molecule has 0 aliphatic heterocycles. The van der Waals surface area contributed by atoms with Gasteiger partial charge < -0.3 is 14.5 Å². The van der Waals surface area contributed by atoms with Gasteiger partial charge in [-0.1, -0.05) is 11.6 Å². The van der Waals surface area contributed by atoms with Crippen LogP contribution in [0.2, 0.25) is 5.02 Å². The highest BCUT2D eigenvalue weighted by atomic mass is 35.5. The van der Waals surface area contributed by atoms with E-state index in [0.29, 0.717) is 23.1 Å². The molecule has 0 unspecified atom stereocenters. The molecule has 0 aliphatic carbocycles. The van der Waals surface area contributed by atoms with Crippen LogP contribution in [0.1, 0.15) is 17.5 Å². The van der Waals surface area contributed by atoms with Crippen LogP contribution < -0.4 is 10.1 Å². The van der Waals surface area contributed by atoms with Crippen molar-refractivity contribution < 1.29 is 13.9 Å². The van der Waals surface area contributed by atoms with Gasteiger partial charge in [0.05, 0.1) is 12.3 Å². The zero-order chi connectivity index (χ0) is 13.7. The Balaban J connectivity index is 1.80. The molecule has 0 bridgehead atoms. The van der Waals surface area contributed by atoms with E-state index >= 15 is 0 Å². The smallest absolute Gasteiger partial charge is 0.287 e. The summed E-state index contributed by atoms with van der Waals surface area (Å²) in [4.78, 5) is 11.7.